The molecule has 1 aromatic carbocycles. The predicted molar refractivity (Wildman–Crippen MR) is 97.6 cm³/mol. The van der Waals surface area contributed by atoms with Crippen molar-refractivity contribution in [3.8, 4) is 0 Å². The summed E-state index contributed by atoms with van der Waals surface area (Å²) in [5, 5.41) is 2.85. The van der Waals surface area contributed by atoms with Crippen LogP contribution < -0.4 is 11.1 Å². The lowest BCUT2D eigenvalue weighted by Crippen LogP contribution is -2.26. The summed E-state index contributed by atoms with van der Waals surface area (Å²) in [6.45, 7) is 2.97. The molecule has 126 valence electrons. The normalized spacial score (nSPS) is 20.3. The van der Waals surface area contributed by atoms with Crippen LogP contribution >= 0.6 is 11.6 Å². The van der Waals surface area contributed by atoms with Crippen molar-refractivity contribution in [1.82, 2.24) is 5.32 Å². The van der Waals surface area contributed by atoms with Gasteiger partial charge >= 0.3 is 0 Å². The van der Waals surface area contributed by atoms with Gasteiger partial charge in [0.25, 0.3) is 0 Å². The Morgan fingerprint density at radius 3 is 2.87 bits per heavy atom. The first-order chi connectivity index (χ1) is 11.1. The second-order valence-electron chi connectivity index (χ2n) is 6.48. The van der Waals surface area contributed by atoms with E-state index in [9.17, 15) is 4.79 Å². The molecule has 0 spiro atoms. The highest BCUT2D eigenvalue weighted by Gasteiger charge is 2.30. The van der Waals surface area contributed by atoms with E-state index in [4.69, 9.17) is 17.3 Å². The Kier molecular flexibility index (Phi) is 6.52. The van der Waals surface area contributed by atoms with Crippen LogP contribution in [0.25, 0.3) is 0 Å². The summed E-state index contributed by atoms with van der Waals surface area (Å²) in [5.74, 6) is -0.0407. The van der Waals surface area contributed by atoms with Crippen molar-refractivity contribution < 1.29 is 4.79 Å². The van der Waals surface area contributed by atoms with Gasteiger partial charge in [-0.15, -0.1) is 11.6 Å². The third-order valence-electron chi connectivity index (χ3n) is 4.93. The number of anilines is 1. The maximum Gasteiger partial charge on any atom is 0.234 e. The van der Waals surface area contributed by atoms with Crippen molar-refractivity contribution in [2.45, 2.75) is 45.4 Å². The highest BCUT2D eigenvalue weighted by molar-refractivity contribution is 6.27. The standard InChI is InChI=1S/C19H27ClN2O/c1-2-19(9-5-11-22-18(23)14-20)10-8-15(13-19)12-16-6-3-4-7-17(16)21/h3-4,6-7,13H,2,5,8-12,14,21H2,1H3,(H,22,23). The molecule has 1 aliphatic carbocycles. The van der Waals surface area contributed by atoms with Crippen LogP contribution in [-0.4, -0.2) is 18.3 Å². The molecular formula is C19H27ClN2O. The number of benzene rings is 1. The fourth-order valence-corrected chi connectivity index (χ4v) is 3.53. The van der Waals surface area contributed by atoms with Crippen LogP contribution in [-0.2, 0) is 11.2 Å². The van der Waals surface area contributed by atoms with Crippen molar-refractivity contribution in [2.24, 2.45) is 5.41 Å². The van der Waals surface area contributed by atoms with Crippen LogP contribution in [0.5, 0.6) is 0 Å². The number of allylic oxidation sites excluding steroid dienone is 2. The Morgan fingerprint density at radius 1 is 1.39 bits per heavy atom. The minimum absolute atomic E-state index is 0.0431. The Hall–Kier alpha value is -1.48. The Morgan fingerprint density at radius 2 is 2.17 bits per heavy atom. The van der Waals surface area contributed by atoms with Gasteiger partial charge in [-0.05, 0) is 55.6 Å². The molecule has 3 N–H and O–H groups in total. The van der Waals surface area contributed by atoms with Gasteiger partial charge in [0.15, 0.2) is 0 Å². The lowest BCUT2D eigenvalue weighted by Gasteiger charge is -2.25. The van der Waals surface area contributed by atoms with E-state index >= 15 is 0 Å². The molecule has 23 heavy (non-hydrogen) atoms. The molecule has 0 aromatic heterocycles. The number of nitrogens with one attached hydrogen (secondary N) is 1. The molecule has 0 aliphatic heterocycles. The number of nitrogen functional groups attached to an aromatic ring is 1. The molecular weight excluding hydrogens is 308 g/mol. The summed E-state index contributed by atoms with van der Waals surface area (Å²) < 4.78 is 0. The number of carbonyl (C=O) groups is 1. The Bertz CT molecular complexity index is 570. The van der Waals surface area contributed by atoms with Crippen LogP contribution in [0.4, 0.5) is 5.69 Å². The molecule has 0 fully saturated rings. The third kappa shape index (κ3) is 5.00. The molecule has 1 atom stereocenters. The Balaban J connectivity index is 1.91. The summed E-state index contributed by atoms with van der Waals surface area (Å²) >= 11 is 5.49. The quantitative estimate of drug-likeness (QED) is 0.326. The first kappa shape index (κ1) is 17.9. The highest BCUT2D eigenvalue weighted by atomic mass is 35.5. The van der Waals surface area contributed by atoms with Gasteiger partial charge in [-0.1, -0.05) is 36.8 Å². The summed E-state index contributed by atoms with van der Waals surface area (Å²) in [6, 6.07) is 8.11. The second-order valence-corrected chi connectivity index (χ2v) is 6.75. The van der Waals surface area contributed by atoms with E-state index < -0.39 is 0 Å². The van der Waals surface area contributed by atoms with Crippen molar-refractivity contribution in [1.29, 1.82) is 0 Å². The minimum atomic E-state index is -0.0839. The summed E-state index contributed by atoms with van der Waals surface area (Å²) in [6.07, 6.45) is 9.03. The second kappa shape index (κ2) is 8.39. The molecule has 1 unspecified atom stereocenters. The summed E-state index contributed by atoms with van der Waals surface area (Å²) in [7, 11) is 0. The van der Waals surface area contributed by atoms with Crippen LogP contribution in [0.2, 0.25) is 0 Å². The van der Waals surface area contributed by atoms with Gasteiger partial charge in [0, 0.05) is 12.2 Å². The van der Waals surface area contributed by atoms with E-state index in [0.29, 0.717) is 6.54 Å². The minimum Gasteiger partial charge on any atom is -0.398 e. The van der Waals surface area contributed by atoms with Gasteiger partial charge in [0.2, 0.25) is 5.91 Å². The smallest absolute Gasteiger partial charge is 0.234 e. The lowest BCUT2D eigenvalue weighted by molar-refractivity contribution is -0.118. The van der Waals surface area contributed by atoms with E-state index in [0.717, 1.165) is 37.8 Å². The number of amides is 1. The Labute approximate surface area is 144 Å². The van der Waals surface area contributed by atoms with Gasteiger partial charge < -0.3 is 11.1 Å². The highest BCUT2D eigenvalue weighted by Crippen LogP contribution is 2.43. The summed E-state index contributed by atoms with van der Waals surface area (Å²) in [5.41, 5.74) is 9.94. The first-order valence-corrected chi connectivity index (χ1v) is 8.98. The van der Waals surface area contributed by atoms with Crippen molar-refractivity contribution in [2.75, 3.05) is 18.2 Å². The molecule has 3 nitrogen and oxygen atoms in total. The molecule has 0 radical (unpaired) electrons. The van der Waals surface area contributed by atoms with Crippen LogP contribution in [0.3, 0.4) is 0 Å². The average Bonchev–Trinajstić information content (AvgIpc) is 2.97. The van der Waals surface area contributed by atoms with E-state index in [1.807, 2.05) is 18.2 Å². The van der Waals surface area contributed by atoms with Crippen LogP contribution in [0.1, 0.15) is 44.6 Å². The van der Waals surface area contributed by atoms with Gasteiger partial charge in [0.1, 0.15) is 5.88 Å². The number of hydrogen-bond acceptors (Lipinski definition) is 2. The number of carbonyl (C=O) groups excluding carboxylic acids is 1. The third-order valence-corrected chi connectivity index (χ3v) is 5.17. The van der Waals surface area contributed by atoms with E-state index in [2.05, 4.69) is 24.4 Å². The number of nitrogens with two attached hydrogens (primary N) is 1. The topological polar surface area (TPSA) is 55.1 Å². The predicted octanol–water partition coefficient (Wildman–Crippen LogP) is 4.06. The molecule has 4 heteroatoms. The van der Waals surface area contributed by atoms with Crippen molar-refractivity contribution >= 4 is 23.2 Å². The SMILES string of the molecule is CCC1(CCCNC(=O)CCl)C=C(Cc2ccccc2N)CC1. The monoisotopic (exact) mass is 334 g/mol. The maximum atomic E-state index is 11.2. The number of rotatable bonds is 8. The largest absolute Gasteiger partial charge is 0.398 e. The average molecular weight is 335 g/mol. The fraction of sp³-hybridized carbons (Fsp3) is 0.526. The molecule has 1 amide bonds. The van der Waals surface area contributed by atoms with Gasteiger partial charge in [-0.3, -0.25) is 4.79 Å². The molecule has 0 saturated heterocycles. The zero-order valence-corrected chi connectivity index (χ0v) is 14.7. The maximum absolute atomic E-state index is 11.2. The molecule has 0 bridgehead atoms. The molecule has 2 rings (SSSR count). The molecule has 1 aliphatic rings. The van der Waals surface area contributed by atoms with Gasteiger partial charge in [0.05, 0.1) is 0 Å². The number of hydrogen-bond donors (Lipinski definition) is 2. The number of alkyl halides is 1. The molecule has 1 aromatic rings. The van der Waals surface area contributed by atoms with E-state index in [-0.39, 0.29) is 17.2 Å². The molecule has 0 heterocycles. The van der Waals surface area contributed by atoms with Gasteiger partial charge in [-0.2, -0.15) is 0 Å². The van der Waals surface area contributed by atoms with Crippen LogP contribution in [0, 0.1) is 5.41 Å². The number of para-hydroxylation sites is 1. The van der Waals surface area contributed by atoms with Crippen LogP contribution in [0.15, 0.2) is 35.9 Å². The first-order valence-electron chi connectivity index (χ1n) is 8.45. The zero-order chi connectivity index (χ0) is 16.7. The van der Waals surface area contributed by atoms with Gasteiger partial charge in [-0.25, -0.2) is 0 Å². The molecule has 0 saturated carbocycles. The lowest BCUT2D eigenvalue weighted by atomic mass is 9.80. The van der Waals surface area contributed by atoms with E-state index in [1.165, 1.54) is 17.6 Å². The summed E-state index contributed by atoms with van der Waals surface area (Å²) in [4.78, 5) is 11.2. The van der Waals surface area contributed by atoms with E-state index in [1.54, 1.807) is 0 Å². The fourth-order valence-electron chi connectivity index (χ4n) is 3.43. The number of halogens is 1. The van der Waals surface area contributed by atoms with Crippen molar-refractivity contribution in [3.05, 3.63) is 41.5 Å². The van der Waals surface area contributed by atoms with Crippen molar-refractivity contribution in [3.63, 3.8) is 0 Å². The zero-order valence-electron chi connectivity index (χ0n) is 13.9.